The van der Waals surface area contributed by atoms with Gasteiger partial charge in [-0.05, 0) is 24.1 Å². The van der Waals surface area contributed by atoms with Crippen LogP contribution in [-0.2, 0) is 9.59 Å². The average Bonchev–Trinajstić information content (AvgIpc) is 2.77. The molecule has 1 unspecified atom stereocenters. The van der Waals surface area contributed by atoms with E-state index in [0.717, 1.165) is 10.0 Å². The van der Waals surface area contributed by atoms with Gasteiger partial charge in [0.25, 0.3) is 0 Å². The van der Waals surface area contributed by atoms with Gasteiger partial charge in [-0.25, -0.2) is 4.79 Å². The second-order valence-electron chi connectivity index (χ2n) is 5.11. The van der Waals surface area contributed by atoms with Crippen LogP contribution < -0.4 is 10.1 Å². The second kappa shape index (κ2) is 5.83. The van der Waals surface area contributed by atoms with E-state index in [1.807, 2.05) is 12.1 Å². The van der Waals surface area contributed by atoms with Gasteiger partial charge in [0, 0.05) is 10.0 Å². The average molecular weight is 342 g/mol. The molecule has 1 aliphatic rings. The first-order chi connectivity index (χ1) is 9.40. The minimum absolute atomic E-state index is 0.180. The van der Waals surface area contributed by atoms with Crippen LogP contribution in [0.4, 0.5) is 0 Å². The Kier molecular flexibility index (Phi) is 4.32. The Morgan fingerprint density at radius 2 is 2.15 bits per heavy atom. The van der Waals surface area contributed by atoms with E-state index in [2.05, 4.69) is 21.2 Å². The van der Waals surface area contributed by atoms with Crippen LogP contribution in [0.1, 0.15) is 25.3 Å². The number of benzene rings is 1. The monoisotopic (exact) mass is 341 g/mol. The van der Waals surface area contributed by atoms with Crippen molar-refractivity contribution in [1.82, 2.24) is 5.32 Å². The number of carboxylic acids is 1. The number of amides is 1. The Bertz CT molecular complexity index is 544. The van der Waals surface area contributed by atoms with Crippen molar-refractivity contribution < 1.29 is 19.4 Å². The van der Waals surface area contributed by atoms with Gasteiger partial charge < -0.3 is 15.2 Å². The molecular formula is C14H16BrNO4. The lowest BCUT2D eigenvalue weighted by Gasteiger charge is -2.20. The molecular weight excluding hydrogens is 326 g/mol. The highest BCUT2D eigenvalue weighted by Gasteiger charge is 2.33. The number of hydrogen-bond acceptors (Lipinski definition) is 3. The number of carboxylic acid groups (broad SMARTS) is 1. The standard InChI is InChI=1S/C14H16BrNO4/c1-7(2)12(14(18)19)16-13(17)10-6-20-11-4-3-8(15)5-9(10)11/h3-5,7,10,12H,6H2,1-2H3,(H,16,17)(H,18,19)/t10?,12-/m1/s1. The van der Waals surface area contributed by atoms with Crippen molar-refractivity contribution in [2.75, 3.05) is 6.61 Å². The van der Waals surface area contributed by atoms with E-state index < -0.39 is 17.9 Å². The molecule has 2 atom stereocenters. The van der Waals surface area contributed by atoms with Gasteiger partial charge in [-0.2, -0.15) is 0 Å². The fourth-order valence-electron chi connectivity index (χ4n) is 2.17. The molecule has 0 aromatic heterocycles. The summed E-state index contributed by atoms with van der Waals surface area (Å²) in [5.74, 6) is -1.32. The molecule has 0 bridgehead atoms. The predicted molar refractivity (Wildman–Crippen MR) is 76.8 cm³/mol. The van der Waals surface area contributed by atoms with E-state index in [4.69, 9.17) is 9.84 Å². The number of hydrogen-bond donors (Lipinski definition) is 2. The van der Waals surface area contributed by atoms with Gasteiger partial charge in [0.2, 0.25) is 5.91 Å². The predicted octanol–water partition coefficient (Wildman–Crippen LogP) is 2.15. The van der Waals surface area contributed by atoms with Crippen LogP contribution in [0, 0.1) is 5.92 Å². The zero-order chi connectivity index (χ0) is 14.9. The maximum absolute atomic E-state index is 12.3. The van der Waals surface area contributed by atoms with Crippen LogP contribution in [0.5, 0.6) is 5.75 Å². The zero-order valence-electron chi connectivity index (χ0n) is 11.2. The summed E-state index contributed by atoms with van der Waals surface area (Å²) in [6.45, 7) is 3.76. The van der Waals surface area contributed by atoms with E-state index in [1.54, 1.807) is 19.9 Å². The number of rotatable bonds is 4. The van der Waals surface area contributed by atoms with E-state index >= 15 is 0 Å². The Morgan fingerprint density at radius 3 is 2.75 bits per heavy atom. The van der Waals surface area contributed by atoms with E-state index in [9.17, 15) is 9.59 Å². The zero-order valence-corrected chi connectivity index (χ0v) is 12.8. The van der Waals surface area contributed by atoms with Crippen molar-refractivity contribution in [1.29, 1.82) is 0 Å². The molecule has 2 N–H and O–H groups in total. The van der Waals surface area contributed by atoms with Crippen molar-refractivity contribution in [3.63, 3.8) is 0 Å². The minimum Gasteiger partial charge on any atom is -0.492 e. The molecule has 0 spiro atoms. The second-order valence-corrected chi connectivity index (χ2v) is 6.03. The molecule has 20 heavy (non-hydrogen) atoms. The summed E-state index contributed by atoms with van der Waals surface area (Å²) in [5.41, 5.74) is 0.782. The Labute approximate surface area is 125 Å². The highest BCUT2D eigenvalue weighted by Crippen LogP contribution is 2.36. The molecule has 2 rings (SSSR count). The molecule has 1 aromatic carbocycles. The summed E-state index contributed by atoms with van der Waals surface area (Å²) in [6, 6.07) is 4.58. The van der Waals surface area contributed by atoms with Gasteiger partial charge in [-0.15, -0.1) is 0 Å². The molecule has 5 nitrogen and oxygen atoms in total. The lowest BCUT2D eigenvalue weighted by molar-refractivity contribution is -0.143. The van der Waals surface area contributed by atoms with Crippen molar-refractivity contribution >= 4 is 27.8 Å². The van der Waals surface area contributed by atoms with Gasteiger partial charge in [0.1, 0.15) is 24.3 Å². The normalized spacial score (nSPS) is 18.3. The summed E-state index contributed by atoms with van der Waals surface area (Å²) >= 11 is 3.36. The lowest BCUT2D eigenvalue weighted by atomic mass is 9.98. The van der Waals surface area contributed by atoms with E-state index in [-0.39, 0.29) is 18.4 Å². The number of nitrogens with one attached hydrogen (secondary N) is 1. The number of aliphatic carboxylic acids is 1. The molecule has 1 amide bonds. The fraction of sp³-hybridized carbons (Fsp3) is 0.429. The molecule has 0 radical (unpaired) electrons. The summed E-state index contributed by atoms with van der Waals surface area (Å²) in [7, 11) is 0. The highest BCUT2D eigenvalue weighted by atomic mass is 79.9. The van der Waals surface area contributed by atoms with Crippen LogP contribution in [-0.4, -0.2) is 29.6 Å². The molecule has 108 valence electrons. The maximum atomic E-state index is 12.3. The van der Waals surface area contributed by atoms with Gasteiger partial charge in [0.15, 0.2) is 0 Å². The molecule has 0 fully saturated rings. The van der Waals surface area contributed by atoms with Gasteiger partial charge in [-0.1, -0.05) is 29.8 Å². The summed E-state index contributed by atoms with van der Waals surface area (Å²) in [6.07, 6.45) is 0. The Balaban J connectivity index is 2.16. The van der Waals surface area contributed by atoms with E-state index in [1.165, 1.54) is 0 Å². The topological polar surface area (TPSA) is 75.6 Å². The van der Waals surface area contributed by atoms with Crippen molar-refractivity contribution in [3.8, 4) is 5.75 Å². The Morgan fingerprint density at radius 1 is 1.45 bits per heavy atom. The molecule has 6 heteroatoms. The quantitative estimate of drug-likeness (QED) is 0.879. The molecule has 1 heterocycles. The van der Waals surface area contributed by atoms with Crippen LogP contribution >= 0.6 is 15.9 Å². The van der Waals surface area contributed by atoms with Gasteiger partial charge in [0.05, 0.1) is 0 Å². The van der Waals surface area contributed by atoms with Crippen molar-refractivity contribution in [3.05, 3.63) is 28.2 Å². The minimum atomic E-state index is -1.03. The first-order valence-electron chi connectivity index (χ1n) is 6.35. The number of halogens is 1. The largest absolute Gasteiger partial charge is 0.492 e. The summed E-state index contributed by atoms with van der Waals surface area (Å²) in [4.78, 5) is 23.4. The van der Waals surface area contributed by atoms with Gasteiger partial charge >= 0.3 is 5.97 Å². The van der Waals surface area contributed by atoms with Crippen LogP contribution in [0.15, 0.2) is 22.7 Å². The number of ether oxygens (including phenoxy) is 1. The smallest absolute Gasteiger partial charge is 0.326 e. The number of carbonyl (C=O) groups excluding carboxylic acids is 1. The summed E-state index contributed by atoms with van der Waals surface area (Å²) < 4.78 is 6.32. The molecule has 1 aromatic rings. The number of carbonyl (C=O) groups is 2. The molecule has 0 aliphatic carbocycles. The Hall–Kier alpha value is -1.56. The first kappa shape index (κ1) is 14.8. The van der Waals surface area contributed by atoms with Crippen molar-refractivity contribution in [2.45, 2.75) is 25.8 Å². The highest BCUT2D eigenvalue weighted by molar-refractivity contribution is 9.10. The third-order valence-corrected chi connectivity index (χ3v) is 3.79. The SMILES string of the molecule is CC(C)[C@@H](NC(=O)C1COc2ccc(Br)cc21)C(=O)O. The van der Waals surface area contributed by atoms with Crippen LogP contribution in [0.2, 0.25) is 0 Å². The van der Waals surface area contributed by atoms with Crippen LogP contribution in [0.3, 0.4) is 0 Å². The fourth-order valence-corrected chi connectivity index (χ4v) is 2.55. The summed E-state index contributed by atoms with van der Waals surface area (Å²) in [5, 5.41) is 11.7. The van der Waals surface area contributed by atoms with E-state index in [0.29, 0.717) is 5.75 Å². The maximum Gasteiger partial charge on any atom is 0.326 e. The van der Waals surface area contributed by atoms with Crippen LogP contribution in [0.25, 0.3) is 0 Å². The first-order valence-corrected chi connectivity index (χ1v) is 7.15. The molecule has 0 saturated carbocycles. The molecule has 0 saturated heterocycles. The third-order valence-electron chi connectivity index (χ3n) is 3.30. The lowest BCUT2D eigenvalue weighted by Crippen LogP contribution is -2.46. The number of fused-ring (bicyclic) bond motifs is 1. The van der Waals surface area contributed by atoms with Crippen molar-refractivity contribution in [2.24, 2.45) is 5.92 Å². The van der Waals surface area contributed by atoms with Gasteiger partial charge in [-0.3, -0.25) is 4.79 Å². The molecule has 1 aliphatic heterocycles. The third kappa shape index (κ3) is 2.95.